The maximum absolute atomic E-state index is 12.4. The van der Waals surface area contributed by atoms with Crippen LogP contribution >= 0.6 is 0 Å². The Kier molecular flexibility index (Phi) is 3.86. The number of amides is 1. The minimum absolute atomic E-state index is 0.0379. The highest BCUT2D eigenvalue weighted by Gasteiger charge is 2.39. The quantitative estimate of drug-likeness (QED) is 0.779. The molecular weight excluding hydrogens is 308 g/mol. The number of benzene rings is 1. The second-order valence-corrected chi connectivity index (χ2v) is 6.25. The Morgan fingerprint density at radius 3 is 2.75 bits per heavy atom. The summed E-state index contributed by atoms with van der Waals surface area (Å²) in [6.45, 7) is 0. The molecule has 2 fully saturated rings. The van der Waals surface area contributed by atoms with Crippen LogP contribution in [0.1, 0.15) is 29.6 Å². The van der Waals surface area contributed by atoms with Crippen molar-refractivity contribution in [2.45, 2.75) is 37.4 Å². The van der Waals surface area contributed by atoms with Gasteiger partial charge in [-0.05, 0) is 43.5 Å². The standard InChI is InChI=1S/C17H20N4O3/c1-23-17-18-9-15(21-17)24-12-5-2-10(3-6-12)16(22)20-14-8-11-4-7-13(14)19-11/h2-3,5-6,9,11,13-14,19H,4,7-8H2,1H3,(H,18,21)(H,20,22)/t11-,13+,14-/m1/s1. The van der Waals surface area contributed by atoms with E-state index in [1.165, 1.54) is 13.5 Å². The largest absolute Gasteiger partial charge is 0.468 e. The molecule has 2 aliphatic heterocycles. The van der Waals surface area contributed by atoms with Crippen molar-refractivity contribution in [2.24, 2.45) is 0 Å². The first-order valence-electron chi connectivity index (χ1n) is 8.15. The predicted molar refractivity (Wildman–Crippen MR) is 87.5 cm³/mol. The van der Waals surface area contributed by atoms with Gasteiger partial charge in [-0.15, -0.1) is 0 Å². The van der Waals surface area contributed by atoms with Gasteiger partial charge < -0.3 is 20.1 Å². The molecule has 126 valence electrons. The molecule has 1 amide bonds. The number of ether oxygens (including phenoxy) is 2. The van der Waals surface area contributed by atoms with E-state index in [1.54, 1.807) is 30.5 Å². The lowest BCUT2D eigenvalue weighted by atomic mass is 9.95. The lowest BCUT2D eigenvalue weighted by Gasteiger charge is -2.21. The summed E-state index contributed by atoms with van der Waals surface area (Å²) >= 11 is 0. The topological polar surface area (TPSA) is 88.3 Å². The average molecular weight is 328 g/mol. The van der Waals surface area contributed by atoms with E-state index in [2.05, 4.69) is 20.6 Å². The highest BCUT2D eigenvalue weighted by Crippen LogP contribution is 2.28. The first kappa shape index (κ1) is 15.0. The van der Waals surface area contributed by atoms with Gasteiger partial charge in [-0.1, -0.05) is 0 Å². The van der Waals surface area contributed by atoms with Crippen molar-refractivity contribution >= 4 is 5.91 Å². The number of hydrogen-bond acceptors (Lipinski definition) is 5. The number of fused-ring (bicyclic) bond motifs is 2. The molecule has 1 aromatic carbocycles. The first-order chi connectivity index (χ1) is 11.7. The number of aromatic amines is 1. The summed E-state index contributed by atoms with van der Waals surface area (Å²) in [5.41, 5.74) is 0.632. The molecule has 7 nitrogen and oxygen atoms in total. The molecule has 7 heteroatoms. The number of nitrogens with zero attached hydrogens (tertiary/aromatic N) is 1. The van der Waals surface area contributed by atoms with Gasteiger partial charge in [0, 0.05) is 23.7 Å². The molecule has 0 saturated carbocycles. The van der Waals surface area contributed by atoms with E-state index in [0.29, 0.717) is 35.3 Å². The lowest BCUT2D eigenvalue weighted by Crippen LogP contribution is -2.42. The average Bonchev–Trinajstić information content (AvgIpc) is 3.32. The molecule has 0 unspecified atom stereocenters. The normalized spacial score (nSPS) is 24.8. The Balaban J connectivity index is 1.37. The molecule has 3 N–H and O–H groups in total. The summed E-state index contributed by atoms with van der Waals surface area (Å²) in [7, 11) is 1.53. The van der Waals surface area contributed by atoms with Gasteiger partial charge in [0.25, 0.3) is 11.9 Å². The summed E-state index contributed by atoms with van der Waals surface area (Å²) in [6, 6.07) is 8.69. The van der Waals surface area contributed by atoms with E-state index in [0.717, 1.165) is 12.8 Å². The van der Waals surface area contributed by atoms with Crippen LogP contribution < -0.4 is 20.1 Å². The molecule has 0 radical (unpaired) electrons. The van der Waals surface area contributed by atoms with Crippen LogP contribution in [0.2, 0.25) is 0 Å². The van der Waals surface area contributed by atoms with E-state index in [9.17, 15) is 4.79 Å². The number of nitrogens with one attached hydrogen (secondary N) is 3. The number of hydrogen-bond donors (Lipinski definition) is 3. The molecular formula is C17H20N4O3. The SMILES string of the molecule is COc1ncc(Oc2ccc(C(=O)N[C@@H]3C[C@H]4CC[C@@H]3N4)cc2)[nH]1. The van der Waals surface area contributed by atoms with Gasteiger partial charge in [0.1, 0.15) is 5.75 Å². The Bertz CT molecular complexity index is 728. The van der Waals surface area contributed by atoms with Crippen molar-refractivity contribution in [1.29, 1.82) is 0 Å². The summed E-state index contributed by atoms with van der Waals surface area (Å²) in [4.78, 5) is 19.2. The van der Waals surface area contributed by atoms with Crippen LogP contribution in [0.15, 0.2) is 30.5 Å². The fourth-order valence-corrected chi connectivity index (χ4v) is 3.48. The Morgan fingerprint density at radius 1 is 1.29 bits per heavy atom. The van der Waals surface area contributed by atoms with Crippen molar-refractivity contribution in [3.63, 3.8) is 0 Å². The molecule has 0 aliphatic carbocycles. The van der Waals surface area contributed by atoms with Crippen LogP contribution in [-0.4, -0.2) is 41.1 Å². The molecule has 2 aromatic rings. The fraction of sp³-hybridized carbons (Fsp3) is 0.412. The van der Waals surface area contributed by atoms with Crippen molar-refractivity contribution in [1.82, 2.24) is 20.6 Å². The smallest absolute Gasteiger partial charge is 0.296 e. The first-order valence-corrected chi connectivity index (χ1v) is 8.15. The molecule has 3 heterocycles. The zero-order valence-corrected chi connectivity index (χ0v) is 13.4. The second kappa shape index (κ2) is 6.16. The van der Waals surface area contributed by atoms with Gasteiger partial charge in [0.2, 0.25) is 5.88 Å². The van der Waals surface area contributed by atoms with E-state index < -0.39 is 0 Å². The lowest BCUT2D eigenvalue weighted by molar-refractivity contribution is 0.0931. The zero-order chi connectivity index (χ0) is 16.5. The fourth-order valence-electron chi connectivity index (χ4n) is 3.48. The number of carbonyl (C=O) groups excluding carboxylic acids is 1. The Morgan fingerprint density at radius 2 is 2.12 bits per heavy atom. The Labute approximate surface area is 139 Å². The molecule has 4 rings (SSSR count). The monoisotopic (exact) mass is 328 g/mol. The minimum atomic E-state index is -0.0379. The minimum Gasteiger partial charge on any atom is -0.468 e. The van der Waals surface area contributed by atoms with E-state index in [4.69, 9.17) is 9.47 Å². The van der Waals surface area contributed by atoms with Crippen LogP contribution in [0.3, 0.4) is 0 Å². The maximum atomic E-state index is 12.4. The van der Waals surface area contributed by atoms with Crippen molar-refractivity contribution in [2.75, 3.05) is 7.11 Å². The number of H-pyrrole nitrogens is 1. The molecule has 1 aromatic heterocycles. The second-order valence-electron chi connectivity index (χ2n) is 6.25. The zero-order valence-electron chi connectivity index (χ0n) is 13.4. The molecule has 24 heavy (non-hydrogen) atoms. The van der Waals surface area contributed by atoms with Gasteiger partial charge in [-0.25, -0.2) is 0 Å². The van der Waals surface area contributed by atoms with E-state index >= 15 is 0 Å². The van der Waals surface area contributed by atoms with Gasteiger partial charge in [0.15, 0.2) is 0 Å². The van der Waals surface area contributed by atoms with Gasteiger partial charge in [-0.3, -0.25) is 9.78 Å². The van der Waals surface area contributed by atoms with Crippen molar-refractivity contribution < 1.29 is 14.3 Å². The van der Waals surface area contributed by atoms with Crippen LogP contribution in [0, 0.1) is 0 Å². The summed E-state index contributed by atoms with van der Waals surface area (Å²) in [5, 5.41) is 6.66. The molecule has 3 atom stereocenters. The third-order valence-corrected chi connectivity index (χ3v) is 4.68. The summed E-state index contributed by atoms with van der Waals surface area (Å²) < 4.78 is 10.6. The third-order valence-electron chi connectivity index (χ3n) is 4.68. The van der Waals surface area contributed by atoms with Crippen molar-refractivity contribution in [3.05, 3.63) is 36.0 Å². The summed E-state index contributed by atoms with van der Waals surface area (Å²) in [5.74, 6) is 1.07. The number of methoxy groups -OCH3 is 1. The van der Waals surface area contributed by atoms with Crippen LogP contribution in [-0.2, 0) is 0 Å². The van der Waals surface area contributed by atoms with E-state index in [1.807, 2.05) is 0 Å². The van der Waals surface area contributed by atoms with Gasteiger partial charge in [-0.2, -0.15) is 4.98 Å². The number of carbonyl (C=O) groups is 1. The summed E-state index contributed by atoms with van der Waals surface area (Å²) in [6.07, 6.45) is 4.94. The molecule has 2 bridgehead atoms. The third kappa shape index (κ3) is 2.94. The highest BCUT2D eigenvalue weighted by atomic mass is 16.5. The Hall–Kier alpha value is -2.54. The van der Waals surface area contributed by atoms with Gasteiger partial charge >= 0.3 is 0 Å². The van der Waals surface area contributed by atoms with Gasteiger partial charge in [0.05, 0.1) is 13.3 Å². The van der Waals surface area contributed by atoms with Crippen LogP contribution in [0.25, 0.3) is 0 Å². The van der Waals surface area contributed by atoms with Crippen molar-refractivity contribution in [3.8, 4) is 17.6 Å². The van der Waals surface area contributed by atoms with Crippen LogP contribution in [0.5, 0.6) is 17.6 Å². The molecule has 0 spiro atoms. The van der Waals surface area contributed by atoms with Crippen LogP contribution in [0.4, 0.5) is 0 Å². The number of aromatic nitrogens is 2. The predicted octanol–water partition coefficient (Wildman–Crippen LogP) is 1.83. The maximum Gasteiger partial charge on any atom is 0.296 e. The molecule has 2 saturated heterocycles. The highest BCUT2D eigenvalue weighted by molar-refractivity contribution is 5.94. The molecule has 2 aliphatic rings. The number of imidazole rings is 1. The van der Waals surface area contributed by atoms with E-state index in [-0.39, 0.29) is 11.9 Å². The number of rotatable bonds is 5.